The molecule has 2 heterocycles. The van der Waals surface area contributed by atoms with E-state index in [9.17, 15) is 4.79 Å². The number of benzene rings is 3. The van der Waals surface area contributed by atoms with Crippen LogP contribution in [0.5, 0.6) is 5.75 Å². The lowest BCUT2D eigenvalue weighted by Gasteiger charge is -2.09. The Morgan fingerprint density at radius 3 is 2.73 bits per heavy atom. The summed E-state index contributed by atoms with van der Waals surface area (Å²) >= 11 is 3.00. The molecule has 0 bridgehead atoms. The van der Waals surface area contributed by atoms with E-state index in [2.05, 4.69) is 41.1 Å². The highest BCUT2D eigenvalue weighted by Crippen LogP contribution is 2.31. The normalized spacial score (nSPS) is 11.0. The Balaban J connectivity index is 1.24. The molecule has 1 N–H and O–H groups in total. The molecular weight excluding hydrogens is 502 g/mol. The maximum atomic E-state index is 12.7. The van der Waals surface area contributed by atoms with Gasteiger partial charge < -0.3 is 10.1 Å². The maximum absolute atomic E-state index is 12.7. The van der Waals surface area contributed by atoms with Crippen LogP contribution in [0.2, 0.25) is 0 Å². The Kier molecular flexibility index (Phi) is 7.34. The summed E-state index contributed by atoms with van der Waals surface area (Å²) in [7, 11) is 1.63. The van der Waals surface area contributed by atoms with E-state index in [0.29, 0.717) is 17.5 Å². The van der Waals surface area contributed by atoms with Gasteiger partial charge in [-0.3, -0.25) is 9.36 Å². The van der Waals surface area contributed by atoms with Crippen LogP contribution in [0, 0.1) is 6.92 Å². The SMILES string of the molecule is C=CCn1c(SCC(=O)Nc2ccc(-c3nc4ccc(C)cc4s3)cc2)nnc1-c1cccc(OC)c1. The van der Waals surface area contributed by atoms with Crippen LogP contribution in [0.3, 0.4) is 0 Å². The smallest absolute Gasteiger partial charge is 0.234 e. The summed E-state index contributed by atoms with van der Waals surface area (Å²) in [4.78, 5) is 17.4. The van der Waals surface area contributed by atoms with Gasteiger partial charge in [-0.05, 0) is 61.0 Å². The average Bonchev–Trinajstić information content (AvgIpc) is 3.52. The molecule has 0 saturated heterocycles. The zero-order chi connectivity index (χ0) is 25.8. The van der Waals surface area contributed by atoms with E-state index < -0.39 is 0 Å². The summed E-state index contributed by atoms with van der Waals surface area (Å²) < 4.78 is 8.44. The Labute approximate surface area is 223 Å². The number of fused-ring (bicyclic) bond motifs is 1. The minimum atomic E-state index is -0.121. The van der Waals surface area contributed by atoms with Gasteiger partial charge in [0.15, 0.2) is 11.0 Å². The number of nitrogens with one attached hydrogen (secondary N) is 1. The van der Waals surface area contributed by atoms with Crippen molar-refractivity contribution in [3.05, 3.63) is 84.9 Å². The third-order valence-corrected chi connectivity index (χ3v) is 7.68. The highest BCUT2D eigenvalue weighted by Gasteiger charge is 2.16. The lowest BCUT2D eigenvalue weighted by Crippen LogP contribution is -2.14. The van der Waals surface area contributed by atoms with Gasteiger partial charge in [0.05, 0.1) is 23.1 Å². The minimum absolute atomic E-state index is 0.121. The minimum Gasteiger partial charge on any atom is -0.497 e. The first-order valence-corrected chi connectivity index (χ1v) is 13.4. The Hall–Kier alpha value is -3.95. The molecule has 5 rings (SSSR count). The molecule has 0 atom stereocenters. The Morgan fingerprint density at radius 1 is 1.11 bits per heavy atom. The number of methoxy groups -OCH3 is 1. The topological polar surface area (TPSA) is 81.9 Å². The quantitative estimate of drug-likeness (QED) is 0.175. The van der Waals surface area contributed by atoms with Gasteiger partial charge in [0.25, 0.3) is 0 Å². The number of nitrogens with zero attached hydrogens (tertiary/aromatic N) is 4. The molecule has 0 aliphatic rings. The monoisotopic (exact) mass is 527 g/mol. The lowest BCUT2D eigenvalue weighted by atomic mass is 10.2. The second-order valence-electron chi connectivity index (χ2n) is 8.34. The first-order chi connectivity index (χ1) is 18.0. The van der Waals surface area contributed by atoms with Crippen LogP contribution in [0.1, 0.15) is 5.56 Å². The number of aromatic nitrogens is 4. The first kappa shape index (κ1) is 24.7. The molecule has 3 aromatic carbocycles. The van der Waals surface area contributed by atoms with Gasteiger partial charge in [-0.25, -0.2) is 4.98 Å². The summed E-state index contributed by atoms with van der Waals surface area (Å²) in [6.07, 6.45) is 1.78. The van der Waals surface area contributed by atoms with Gasteiger partial charge in [0, 0.05) is 23.4 Å². The second kappa shape index (κ2) is 11.0. The highest BCUT2D eigenvalue weighted by molar-refractivity contribution is 7.99. The van der Waals surface area contributed by atoms with Crippen LogP contribution in [0.15, 0.2) is 84.5 Å². The number of anilines is 1. The molecule has 0 unspecified atom stereocenters. The molecular formula is C28H25N5O2S2. The number of thioether (sulfide) groups is 1. The number of hydrogen-bond acceptors (Lipinski definition) is 7. The fourth-order valence-electron chi connectivity index (χ4n) is 3.84. The summed E-state index contributed by atoms with van der Waals surface area (Å²) in [5.74, 6) is 1.52. The van der Waals surface area contributed by atoms with E-state index in [4.69, 9.17) is 9.72 Å². The molecule has 0 spiro atoms. The number of carbonyl (C=O) groups is 1. The molecule has 5 aromatic rings. The van der Waals surface area contributed by atoms with E-state index in [1.54, 1.807) is 24.5 Å². The number of aryl methyl sites for hydroxylation is 1. The van der Waals surface area contributed by atoms with E-state index in [1.165, 1.54) is 22.0 Å². The number of amides is 1. The molecule has 0 fully saturated rings. The molecule has 0 radical (unpaired) electrons. The molecule has 186 valence electrons. The Morgan fingerprint density at radius 2 is 1.95 bits per heavy atom. The molecule has 0 aliphatic carbocycles. The van der Waals surface area contributed by atoms with Gasteiger partial charge in [0.1, 0.15) is 10.8 Å². The molecule has 9 heteroatoms. The fourth-order valence-corrected chi connectivity index (χ4v) is 5.66. The molecule has 7 nitrogen and oxygen atoms in total. The third kappa shape index (κ3) is 5.58. The number of allylic oxidation sites excluding steroid dienone is 1. The molecule has 2 aromatic heterocycles. The predicted molar refractivity (Wildman–Crippen MR) is 151 cm³/mol. The zero-order valence-electron chi connectivity index (χ0n) is 20.5. The van der Waals surface area contributed by atoms with Gasteiger partial charge in [-0.15, -0.1) is 28.1 Å². The average molecular weight is 528 g/mol. The molecule has 0 saturated carbocycles. The number of thiazole rings is 1. The van der Waals surface area contributed by atoms with Crippen molar-refractivity contribution in [2.45, 2.75) is 18.6 Å². The van der Waals surface area contributed by atoms with Crippen molar-refractivity contribution < 1.29 is 9.53 Å². The van der Waals surface area contributed by atoms with Crippen molar-refractivity contribution >= 4 is 44.9 Å². The van der Waals surface area contributed by atoms with Crippen LogP contribution in [0.4, 0.5) is 5.69 Å². The van der Waals surface area contributed by atoms with Crippen LogP contribution >= 0.6 is 23.1 Å². The van der Waals surface area contributed by atoms with Crippen LogP contribution in [-0.2, 0) is 11.3 Å². The summed E-state index contributed by atoms with van der Waals surface area (Å²) in [6, 6.07) is 21.7. The number of rotatable bonds is 9. The standard InChI is InChI=1S/C28H25N5O2S2/c1-4-14-33-26(20-6-5-7-22(16-20)35-3)31-32-28(33)36-17-25(34)29-21-11-9-19(10-12-21)27-30-23-13-8-18(2)15-24(23)37-27/h4-13,15-16H,1,14,17H2,2-3H3,(H,29,34). The summed E-state index contributed by atoms with van der Waals surface area (Å²) in [6.45, 7) is 6.45. The lowest BCUT2D eigenvalue weighted by molar-refractivity contribution is -0.113. The number of carbonyl (C=O) groups excluding carboxylic acids is 1. The van der Waals surface area contributed by atoms with E-state index >= 15 is 0 Å². The molecule has 37 heavy (non-hydrogen) atoms. The van der Waals surface area contributed by atoms with Crippen molar-refractivity contribution in [2.24, 2.45) is 0 Å². The van der Waals surface area contributed by atoms with Gasteiger partial charge in [-0.2, -0.15) is 0 Å². The van der Waals surface area contributed by atoms with Crippen molar-refractivity contribution in [2.75, 3.05) is 18.2 Å². The molecule has 0 aliphatic heterocycles. The van der Waals surface area contributed by atoms with E-state index in [0.717, 1.165) is 33.1 Å². The van der Waals surface area contributed by atoms with Gasteiger partial charge in [0.2, 0.25) is 5.91 Å². The van der Waals surface area contributed by atoms with E-state index in [-0.39, 0.29) is 11.7 Å². The first-order valence-electron chi connectivity index (χ1n) is 11.6. The fraction of sp³-hybridized carbons (Fsp3) is 0.143. The highest BCUT2D eigenvalue weighted by atomic mass is 32.2. The van der Waals surface area contributed by atoms with Crippen molar-refractivity contribution in [1.82, 2.24) is 19.7 Å². The number of ether oxygens (including phenoxy) is 1. The number of hydrogen-bond donors (Lipinski definition) is 1. The van der Waals surface area contributed by atoms with Crippen LogP contribution in [-0.4, -0.2) is 38.5 Å². The van der Waals surface area contributed by atoms with Gasteiger partial charge >= 0.3 is 0 Å². The predicted octanol–water partition coefficient (Wildman–Crippen LogP) is 6.46. The second-order valence-corrected chi connectivity index (χ2v) is 10.3. The van der Waals surface area contributed by atoms with Crippen molar-refractivity contribution in [3.63, 3.8) is 0 Å². The Bertz CT molecular complexity index is 1570. The van der Waals surface area contributed by atoms with Crippen molar-refractivity contribution in [3.8, 4) is 27.7 Å². The van der Waals surface area contributed by atoms with Crippen molar-refractivity contribution in [1.29, 1.82) is 0 Å². The van der Waals surface area contributed by atoms with Gasteiger partial charge in [-0.1, -0.05) is 36.0 Å². The summed E-state index contributed by atoms with van der Waals surface area (Å²) in [5, 5.41) is 13.2. The summed E-state index contributed by atoms with van der Waals surface area (Å²) in [5.41, 5.74) is 4.86. The maximum Gasteiger partial charge on any atom is 0.234 e. The third-order valence-electron chi connectivity index (χ3n) is 5.65. The molecule has 1 amide bonds. The zero-order valence-corrected chi connectivity index (χ0v) is 22.1. The largest absolute Gasteiger partial charge is 0.497 e. The van der Waals surface area contributed by atoms with Crippen LogP contribution < -0.4 is 10.1 Å². The van der Waals surface area contributed by atoms with E-state index in [1.807, 2.05) is 59.2 Å². The van der Waals surface area contributed by atoms with Crippen LogP contribution in [0.25, 0.3) is 32.2 Å².